The number of aromatic amines is 1. The first-order valence-corrected chi connectivity index (χ1v) is 9.96. The van der Waals surface area contributed by atoms with Gasteiger partial charge in [0.15, 0.2) is 5.88 Å². The van der Waals surface area contributed by atoms with Crippen molar-refractivity contribution in [3.8, 4) is 11.6 Å². The first-order valence-electron chi connectivity index (χ1n) is 9.96. The molecular weight excluding hydrogens is 369 g/mol. The first kappa shape index (κ1) is 19.5. The molecule has 1 unspecified atom stereocenters. The summed E-state index contributed by atoms with van der Waals surface area (Å²) in [5.41, 5.74) is 1.56. The summed E-state index contributed by atoms with van der Waals surface area (Å²) < 4.78 is 19.6. The van der Waals surface area contributed by atoms with Crippen LogP contribution in [-0.4, -0.2) is 35.0 Å². The molecule has 4 rings (SSSR count). The van der Waals surface area contributed by atoms with E-state index in [-0.39, 0.29) is 17.3 Å². The topological polar surface area (TPSA) is 69.6 Å². The van der Waals surface area contributed by atoms with Gasteiger partial charge in [0.25, 0.3) is 0 Å². The Morgan fingerprint density at radius 2 is 2.00 bits per heavy atom. The fourth-order valence-electron chi connectivity index (χ4n) is 3.88. The summed E-state index contributed by atoms with van der Waals surface area (Å²) in [6.07, 6.45) is 3.93. The van der Waals surface area contributed by atoms with E-state index < -0.39 is 0 Å². The number of benzene rings is 2. The van der Waals surface area contributed by atoms with Gasteiger partial charge in [-0.25, -0.2) is 4.39 Å². The van der Waals surface area contributed by atoms with E-state index in [4.69, 9.17) is 4.74 Å². The van der Waals surface area contributed by atoms with Crippen molar-refractivity contribution < 1.29 is 14.2 Å². The lowest BCUT2D eigenvalue weighted by Gasteiger charge is -2.37. The third kappa shape index (κ3) is 4.27. The van der Waals surface area contributed by atoms with Crippen molar-refractivity contribution in [2.24, 2.45) is 10.9 Å². The minimum atomic E-state index is -0.357. The summed E-state index contributed by atoms with van der Waals surface area (Å²) in [7, 11) is 0. The number of nitrogens with zero attached hydrogens (tertiary/aromatic N) is 1. The SMILES string of the molecule is CC(C)(Oc1ccc(N=Cc2c(O)[nH]c3cc(F)ccc23)cc1)C1CCCNC1. The van der Waals surface area contributed by atoms with Gasteiger partial charge < -0.3 is 20.1 Å². The molecule has 5 nitrogen and oxygen atoms in total. The van der Waals surface area contributed by atoms with Crippen LogP contribution in [0.4, 0.5) is 10.1 Å². The highest BCUT2D eigenvalue weighted by Crippen LogP contribution is 2.31. The fraction of sp³-hybridized carbons (Fsp3) is 0.348. The van der Waals surface area contributed by atoms with Crippen molar-refractivity contribution in [2.45, 2.75) is 32.3 Å². The summed E-state index contributed by atoms with van der Waals surface area (Å²) in [5.74, 6) is 0.899. The molecule has 0 aliphatic carbocycles. The van der Waals surface area contributed by atoms with Gasteiger partial charge in [0.2, 0.25) is 0 Å². The number of hydrogen-bond donors (Lipinski definition) is 3. The van der Waals surface area contributed by atoms with E-state index in [1.165, 1.54) is 25.0 Å². The van der Waals surface area contributed by atoms with E-state index >= 15 is 0 Å². The summed E-state index contributed by atoms with van der Waals surface area (Å²) in [6.45, 7) is 6.34. The molecule has 29 heavy (non-hydrogen) atoms. The number of aromatic hydroxyl groups is 1. The molecule has 6 heteroatoms. The van der Waals surface area contributed by atoms with Crippen molar-refractivity contribution in [1.82, 2.24) is 10.3 Å². The maximum absolute atomic E-state index is 13.4. The van der Waals surface area contributed by atoms with E-state index in [0.29, 0.717) is 17.0 Å². The highest BCUT2D eigenvalue weighted by atomic mass is 19.1. The molecular formula is C23H26FN3O2. The zero-order valence-electron chi connectivity index (χ0n) is 16.7. The maximum atomic E-state index is 13.4. The van der Waals surface area contributed by atoms with E-state index in [0.717, 1.165) is 29.9 Å². The number of nitrogens with one attached hydrogen (secondary N) is 2. The minimum absolute atomic E-state index is 0.0304. The van der Waals surface area contributed by atoms with Crippen LogP contribution in [0.1, 0.15) is 32.3 Å². The number of fused-ring (bicyclic) bond motifs is 1. The van der Waals surface area contributed by atoms with Gasteiger partial charge in [-0.3, -0.25) is 4.99 Å². The van der Waals surface area contributed by atoms with E-state index in [1.807, 2.05) is 24.3 Å². The standard InChI is InChI=1S/C23H26FN3O2/c1-23(2,15-4-3-11-25-13-15)29-18-8-6-17(7-9-18)26-14-20-19-10-5-16(24)12-21(19)27-22(20)28/h5-10,12,14-15,25,27-28H,3-4,11,13H2,1-2H3. The second-order valence-electron chi connectivity index (χ2n) is 8.08. The highest BCUT2D eigenvalue weighted by Gasteiger charge is 2.32. The first-order chi connectivity index (χ1) is 13.9. The van der Waals surface area contributed by atoms with Crippen LogP contribution in [0.5, 0.6) is 11.6 Å². The Kier molecular flexibility index (Phi) is 5.28. The molecule has 0 bridgehead atoms. The van der Waals surface area contributed by atoms with Crippen LogP contribution in [0.15, 0.2) is 47.5 Å². The van der Waals surface area contributed by atoms with Crippen LogP contribution in [0.2, 0.25) is 0 Å². The Labute approximate surface area is 169 Å². The number of piperidine rings is 1. The molecule has 0 saturated carbocycles. The van der Waals surface area contributed by atoms with Crippen LogP contribution < -0.4 is 10.1 Å². The molecule has 1 fully saturated rings. The molecule has 1 saturated heterocycles. The van der Waals surface area contributed by atoms with Gasteiger partial charge in [0, 0.05) is 24.1 Å². The molecule has 1 aliphatic heterocycles. The zero-order valence-corrected chi connectivity index (χ0v) is 16.7. The normalized spacial score (nSPS) is 17.8. The number of ether oxygens (including phenoxy) is 1. The van der Waals surface area contributed by atoms with Crippen LogP contribution in [0, 0.1) is 11.7 Å². The van der Waals surface area contributed by atoms with Gasteiger partial charge in [-0.15, -0.1) is 0 Å². The summed E-state index contributed by atoms with van der Waals surface area (Å²) >= 11 is 0. The van der Waals surface area contributed by atoms with Gasteiger partial charge in [-0.1, -0.05) is 0 Å². The molecule has 0 amide bonds. The third-order valence-corrected chi connectivity index (χ3v) is 5.62. The van der Waals surface area contributed by atoms with Gasteiger partial charge in [-0.05, 0) is 75.7 Å². The minimum Gasteiger partial charge on any atom is -0.494 e. The smallest absolute Gasteiger partial charge is 0.198 e. The molecule has 2 heterocycles. The monoisotopic (exact) mass is 395 g/mol. The molecule has 0 radical (unpaired) electrons. The molecule has 0 spiro atoms. The van der Waals surface area contributed by atoms with Crippen LogP contribution >= 0.6 is 0 Å². The number of hydrogen-bond acceptors (Lipinski definition) is 4. The Bertz CT molecular complexity index is 1020. The summed E-state index contributed by atoms with van der Waals surface area (Å²) in [4.78, 5) is 7.21. The molecule has 1 aromatic heterocycles. The van der Waals surface area contributed by atoms with Crippen molar-refractivity contribution in [3.63, 3.8) is 0 Å². The number of aliphatic imine (C=N–C) groups is 1. The lowest BCUT2D eigenvalue weighted by Crippen LogP contribution is -2.46. The van der Waals surface area contributed by atoms with Gasteiger partial charge in [-0.2, -0.15) is 0 Å². The number of aromatic nitrogens is 1. The average Bonchev–Trinajstić information content (AvgIpc) is 3.02. The Balaban J connectivity index is 1.48. The average molecular weight is 395 g/mol. The number of rotatable bonds is 5. The molecule has 1 aliphatic rings. The quantitative estimate of drug-likeness (QED) is 0.537. The molecule has 1 atom stereocenters. The Morgan fingerprint density at radius 3 is 2.72 bits per heavy atom. The van der Waals surface area contributed by atoms with E-state index in [9.17, 15) is 9.50 Å². The van der Waals surface area contributed by atoms with Crippen LogP contribution in [-0.2, 0) is 0 Å². The second-order valence-corrected chi connectivity index (χ2v) is 8.08. The predicted octanol–water partition coefficient (Wildman–Crippen LogP) is 4.92. The molecule has 3 N–H and O–H groups in total. The third-order valence-electron chi connectivity index (χ3n) is 5.62. The summed E-state index contributed by atoms with van der Waals surface area (Å²) in [6, 6.07) is 11.9. The molecule has 152 valence electrons. The molecule has 3 aromatic rings. The zero-order chi connectivity index (χ0) is 20.4. The van der Waals surface area contributed by atoms with Crippen molar-refractivity contribution in [3.05, 3.63) is 53.8 Å². The summed E-state index contributed by atoms with van der Waals surface area (Å²) in [5, 5.41) is 14.3. The van der Waals surface area contributed by atoms with Gasteiger partial charge in [0.1, 0.15) is 17.2 Å². The fourth-order valence-corrected chi connectivity index (χ4v) is 3.88. The number of halogens is 1. The lowest BCUT2D eigenvalue weighted by atomic mass is 9.84. The van der Waals surface area contributed by atoms with Crippen molar-refractivity contribution in [1.29, 1.82) is 0 Å². The second kappa shape index (κ2) is 7.87. The maximum Gasteiger partial charge on any atom is 0.198 e. The van der Waals surface area contributed by atoms with Crippen LogP contribution in [0.25, 0.3) is 10.9 Å². The van der Waals surface area contributed by atoms with Gasteiger partial charge in [0.05, 0.1) is 16.8 Å². The van der Waals surface area contributed by atoms with E-state index in [1.54, 1.807) is 12.3 Å². The lowest BCUT2D eigenvalue weighted by molar-refractivity contribution is 0.0317. The Hall–Kier alpha value is -2.86. The largest absolute Gasteiger partial charge is 0.494 e. The van der Waals surface area contributed by atoms with Crippen LogP contribution in [0.3, 0.4) is 0 Å². The van der Waals surface area contributed by atoms with Gasteiger partial charge >= 0.3 is 0 Å². The Morgan fingerprint density at radius 1 is 1.21 bits per heavy atom. The van der Waals surface area contributed by atoms with Crippen molar-refractivity contribution in [2.75, 3.05) is 13.1 Å². The highest BCUT2D eigenvalue weighted by molar-refractivity contribution is 6.02. The molecule has 2 aromatic carbocycles. The van der Waals surface area contributed by atoms with E-state index in [2.05, 4.69) is 29.1 Å². The predicted molar refractivity (Wildman–Crippen MR) is 114 cm³/mol. The van der Waals surface area contributed by atoms with Crippen molar-refractivity contribution >= 4 is 22.8 Å². The number of H-pyrrole nitrogens is 1.